The standard InChI is InChI=1S/C18H13N3O2S2/c19-9-11-10-20-15-4-5-16-14(6-7-25(16,22)23)17(15)18(11)21-12-2-1-3-13(24)8-12/h1-5,8,10,24H,6-7H2,(H,20,21). The second-order valence-electron chi connectivity index (χ2n) is 5.84. The van der Waals surface area contributed by atoms with E-state index < -0.39 is 9.84 Å². The predicted octanol–water partition coefficient (Wildman–Crippen LogP) is 3.47. The lowest BCUT2D eigenvalue weighted by Crippen LogP contribution is -2.00. The number of hydrogen-bond acceptors (Lipinski definition) is 6. The molecule has 0 aliphatic carbocycles. The molecule has 0 spiro atoms. The van der Waals surface area contributed by atoms with Crippen LogP contribution in [0, 0.1) is 11.3 Å². The van der Waals surface area contributed by atoms with Crippen molar-refractivity contribution in [2.75, 3.05) is 11.1 Å². The highest BCUT2D eigenvalue weighted by atomic mass is 32.2. The topological polar surface area (TPSA) is 82.8 Å². The van der Waals surface area contributed by atoms with Crippen molar-refractivity contribution in [1.82, 2.24) is 4.98 Å². The molecule has 4 rings (SSSR count). The van der Waals surface area contributed by atoms with Crippen LogP contribution in [0.5, 0.6) is 0 Å². The zero-order valence-corrected chi connectivity index (χ0v) is 14.7. The van der Waals surface area contributed by atoms with Crippen molar-refractivity contribution in [3.05, 3.63) is 53.7 Å². The molecule has 0 amide bonds. The maximum Gasteiger partial charge on any atom is 0.179 e. The summed E-state index contributed by atoms with van der Waals surface area (Å²) in [6, 6.07) is 12.9. The summed E-state index contributed by atoms with van der Waals surface area (Å²) in [5.74, 6) is 0.0871. The number of nitrogens with one attached hydrogen (secondary N) is 1. The molecule has 5 nitrogen and oxygen atoms in total. The maximum atomic E-state index is 12.2. The largest absolute Gasteiger partial charge is 0.354 e. The van der Waals surface area contributed by atoms with Gasteiger partial charge in [0, 0.05) is 22.2 Å². The second kappa shape index (κ2) is 5.76. The van der Waals surface area contributed by atoms with Gasteiger partial charge in [0.15, 0.2) is 9.84 Å². The first-order valence-electron chi connectivity index (χ1n) is 7.63. The third-order valence-electron chi connectivity index (χ3n) is 4.29. The highest BCUT2D eigenvalue weighted by Crippen LogP contribution is 2.38. The van der Waals surface area contributed by atoms with Gasteiger partial charge in [0.25, 0.3) is 0 Å². The Bertz CT molecular complexity index is 1160. The number of anilines is 2. The molecule has 0 bridgehead atoms. The Balaban J connectivity index is 2.02. The number of nitriles is 1. The molecule has 25 heavy (non-hydrogen) atoms. The van der Waals surface area contributed by atoms with Crippen LogP contribution in [0.4, 0.5) is 11.4 Å². The quantitative estimate of drug-likeness (QED) is 0.678. The van der Waals surface area contributed by atoms with E-state index in [0.717, 1.165) is 16.1 Å². The van der Waals surface area contributed by atoms with Gasteiger partial charge in [-0.1, -0.05) is 6.07 Å². The molecule has 1 aliphatic rings. The zero-order valence-electron chi connectivity index (χ0n) is 13.0. The van der Waals surface area contributed by atoms with Crippen LogP contribution in [0.25, 0.3) is 10.9 Å². The minimum absolute atomic E-state index is 0.0871. The molecule has 0 unspecified atom stereocenters. The first-order chi connectivity index (χ1) is 12.0. The number of aromatic nitrogens is 1. The molecule has 0 atom stereocenters. The summed E-state index contributed by atoms with van der Waals surface area (Å²) in [5.41, 5.74) is 3.12. The van der Waals surface area contributed by atoms with Crippen molar-refractivity contribution >= 4 is 44.7 Å². The number of hydrogen-bond donors (Lipinski definition) is 2. The molecule has 124 valence electrons. The first-order valence-corrected chi connectivity index (χ1v) is 9.73. The van der Waals surface area contributed by atoms with Gasteiger partial charge < -0.3 is 5.32 Å². The van der Waals surface area contributed by atoms with Gasteiger partial charge in [0.1, 0.15) is 6.07 Å². The minimum Gasteiger partial charge on any atom is -0.354 e. The molecule has 1 aliphatic heterocycles. The first kappa shape index (κ1) is 15.9. The Morgan fingerprint density at radius 1 is 1.24 bits per heavy atom. The third-order valence-corrected chi connectivity index (χ3v) is 6.36. The Morgan fingerprint density at radius 3 is 2.84 bits per heavy atom. The van der Waals surface area contributed by atoms with E-state index in [1.165, 1.54) is 6.20 Å². The summed E-state index contributed by atoms with van der Waals surface area (Å²) in [6.45, 7) is 0. The van der Waals surface area contributed by atoms with Gasteiger partial charge >= 0.3 is 0 Å². The van der Waals surface area contributed by atoms with Crippen LogP contribution in [0.2, 0.25) is 0 Å². The molecule has 7 heteroatoms. The Hall–Kier alpha value is -2.56. The van der Waals surface area contributed by atoms with E-state index in [1.54, 1.807) is 12.1 Å². The van der Waals surface area contributed by atoms with E-state index >= 15 is 0 Å². The Morgan fingerprint density at radius 2 is 2.08 bits per heavy atom. The number of nitrogens with zero attached hydrogens (tertiary/aromatic N) is 2. The smallest absolute Gasteiger partial charge is 0.179 e. The molecular formula is C18H13N3O2S2. The molecule has 1 aromatic heterocycles. The SMILES string of the molecule is N#Cc1cnc2ccc3c(c2c1Nc1cccc(S)c1)CCS3(=O)=O. The minimum atomic E-state index is -3.26. The summed E-state index contributed by atoms with van der Waals surface area (Å²) in [7, 11) is -3.26. The van der Waals surface area contributed by atoms with E-state index in [1.807, 2.05) is 24.3 Å². The lowest BCUT2D eigenvalue weighted by molar-refractivity contribution is 0.600. The van der Waals surface area contributed by atoms with Crippen molar-refractivity contribution in [2.24, 2.45) is 0 Å². The van der Waals surface area contributed by atoms with Crippen LogP contribution < -0.4 is 5.32 Å². The maximum absolute atomic E-state index is 12.2. The molecule has 0 fully saturated rings. The van der Waals surface area contributed by atoms with Crippen molar-refractivity contribution in [3.8, 4) is 6.07 Å². The van der Waals surface area contributed by atoms with E-state index in [2.05, 4.69) is 29.0 Å². The van der Waals surface area contributed by atoms with Crippen molar-refractivity contribution in [3.63, 3.8) is 0 Å². The van der Waals surface area contributed by atoms with Crippen LogP contribution >= 0.6 is 12.6 Å². The van der Waals surface area contributed by atoms with Gasteiger partial charge in [0.05, 0.1) is 27.4 Å². The Labute approximate surface area is 150 Å². The van der Waals surface area contributed by atoms with Crippen molar-refractivity contribution in [2.45, 2.75) is 16.2 Å². The molecule has 3 aromatic rings. The normalized spacial score (nSPS) is 14.9. The number of benzene rings is 2. The summed E-state index contributed by atoms with van der Waals surface area (Å²) in [6.07, 6.45) is 1.93. The average Bonchev–Trinajstić information content (AvgIpc) is 2.90. The van der Waals surface area contributed by atoms with Crippen LogP contribution in [0.1, 0.15) is 11.1 Å². The summed E-state index contributed by atoms with van der Waals surface area (Å²) in [4.78, 5) is 5.45. The molecule has 0 radical (unpaired) electrons. The van der Waals surface area contributed by atoms with Crippen molar-refractivity contribution < 1.29 is 8.42 Å². The van der Waals surface area contributed by atoms with Gasteiger partial charge in [-0.3, -0.25) is 4.98 Å². The molecule has 1 N–H and O–H groups in total. The molecule has 2 aromatic carbocycles. The van der Waals surface area contributed by atoms with Gasteiger partial charge in [-0.15, -0.1) is 12.6 Å². The Kier molecular flexibility index (Phi) is 3.67. The number of thiol groups is 1. The molecule has 2 heterocycles. The van der Waals surface area contributed by atoms with E-state index in [9.17, 15) is 13.7 Å². The highest BCUT2D eigenvalue weighted by Gasteiger charge is 2.29. The average molecular weight is 367 g/mol. The summed E-state index contributed by atoms with van der Waals surface area (Å²) < 4.78 is 24.5. The van der Waals surface area contributed by atoms with Gasteiger partial charge in [-0.2, -0.15) is 5.26 Å². The van der Waals surface area contributed by atoms with Crippen LogP contribution in [-0.2, 0) is 16.3 Å². The lowest BCUT2D eigenvalue weighted by Gasteiger charge is -2.14. The van der Waals surface area contributed by atoms with E-state index in [0.29, 0.717) is 33.5 Å². The highest BCUT2D eigenvalue weighted by molar-refractivity contribution is 7.91. The summed E-state index contributed by atoms with van der Waals surface area (Å²) >= 11 is 4.33. The number of fused-ring (bicyclic) bond motifs is 3. The third kappa shape index (κ3) is 2.64. The summed E-state index contributed by atoms with van der Waals surface area (Å²) in [5, 5.41) is 13.5. The van der Waals surface area contributed by atoms with Crippen LogP contribution in [0.3, 0.4) is 0 Å². The predicted molar refractivity (Wildman–Crippen MR) is 99.2 cm³/mol. The van der Waals surface area contributed by atoms with Crippen molar-refractivity contribution in [1.29, 1.82) is 5.26 Å². The van der Waals surface area contributed by atoms with E-state index in [4.69, 9.17) is 0 Å². The monoisotopic (exact) mass is 367 g/mol. The fraction of sp³-hybridized carbons (Fsp3) is 0.111. The molecule has 0 saturated heterocycles. The number of rotatable bonds is 2. The van der Waals surface area contributed by atoms with Crippen LogP contribution in [0.15, 0.2) is 52.4 Å². The fourth-order valence-electron chi connectivity index (χ4n) is 3.16. The number of aryl methyl sites for hydroxylation is 1. The van der Waals surface area contributed by atoms with Gasteiger partial charge in [0.2, 0.25) is 0 Å². The second-order valence-corrected chi connectivity index (χ2v) is 8.43. The number of sulfone groups is 1. The van der Waals surface area contributed by atoms with E-state index in [-0.39, 0.29) is 5.75 Å². The van der Waals surface area contributed by atoms with Crippen LogP contribution in [-0.4, -0.2) is 19.2 Å². The molecule has 0 saturated carbocycles. The van der Waals surface area contributed by atoms with Gasteiger partial charge in [-0.25, -0.2) is 8.42 Å². The zero-order chi connectivity index (χ0) is 17.6. The number of pyridine rings is 1. The fourth-order valence-corrected chi connectivity index (χ4v) is 4.94. The van der Waals surface area contributed by atoms with Gasteiger partial charge in [-0.05, 0) is 42.3 Å². The molecular weight excluding hydrogens is 354 g/mol. The lowest BCUT2D eigenvalue weighted by atomic mass is 10.0.